The Balaban J connectivity index is 1.04. The molecule has 8 heteroatoms. The van der Waals surface area contributed by atoms with Gasteiger partial charge in [0.25, 0.3) is 0 Å². The van der Waals surface area contributed by atoms with Gasteiger partial charge in [-0.15, -0.1) is 10.0 Å². The molecule has 0 atom stereocenters. The maximum absolute atomic E-state index is 5.51. The summed E-state index contributed by atoms with van der Waals surface area (Å²) < 4.78 is 6.79. The van der Waals surface area contributed by atoms with Crippen LogP contribution in [0.5, 0.6) is 0 Å². The van der Waals surface area contributed by atoms with Crippen LogP contribution in [-0.2, 0) is 0 Å². The second-order valence-corrected chi connectivity index (χ2v) is 21.0. The fourth-order valence-corrected chi connectivity index (χ4v) is 14.7. The number of para-hydroxylation sites is 5. The fraction of sp³-hybridized carbons (Fsp3) is 0. The molecule has 0 N–H and O–H groups in total. The number of benzene rings is 10. The van der Waals surface area contributed by atoms with Gasteiger partial charge in [0, 0.05) is 52.7 Å². The molecule has 0 unspecified atom stereocenters. The van der Waals surface area contributed by atoms with E-state index in [0.717, 1.165) is 61.0 Å². The van der Waals surface area contributed by atoms with Crippen molar-refractivity contribution in [2.24, 2.45) is 0 Å². The quantitative estimate of drug-likeness (QED) is 0.145. The van der Waals surface area contributed by atoms with Gasteiger partial charge in [-0.3, -0.25) is 4.40 Å². The summed E-state index contributed by atoms with van der Waals surface area (Å²) >= 11 is 0. The van der Waals surface area contributed by atoms with E-state index in [1.54, 1.807) is 0 Å². The van der Waals surface area contributed by atoms with E-state index in [-0.39, 0.29) is 0 Å². The molecule has 14 aromatic rings. The molecule has 4 heterocycles. The van der Waals surface area contributed by atoms with Crippen LogP contribution >= 0.6 is 10.0 Å². The number of fused-ring (bicyclic) bond motifs is 8. The Morgan fingerprint density at radius 2 is 0.833 bits per heavy atom. The number of imidazole rings is 2. The van der Waals surface area contributed by atoms with E-state index >= 15 is 0 Å². The van der Waals surface area contributed by atoms with Crippen LogP contribution in [0, 0.1) is 0 Å². The molecular formula is C64H43N7S. The zero-order valence-electron chi connectivity index (χ0n) is 38.9. The molecule has 0 saturated heterocycles. The zero-order chi connectivity index (χ0) is 47.6. The summed E-state index contributed by atoms with van der Waals surface area (Å²) in [4.78, 5) is 26.5. The number of rotatable bonds is 9. The maximum atomic E-state index is 5.51. The molecule has 0 aliphatic rings. The summed E-state index contributed by atoms with van der Waals surface area (Å²) in [5.74, 6) is 2.32. The third-order valence-electron chi connectivity index (χ3n) is 13.8. The van der Waals surface area contributed by atoms with Crippen molar-refractivity contribution < 1.29 is 0 Å². The fourth-order valence-electron chi connectivity index (χ4n) is 10.8. The largest absolute Gasteiger partial charge is 0.309 e. The van der Waals surface area contributed by atoms with Gasteiger partial charge in [-0.1, -0.05) is 170 Å². The number of aromatic nitrogens is 7. The summed E-state index contributed by atoms with van der Waals surface area (Å²) in [5, 5.41) is 2.37. The molecule has 0 bridgehead atoms. The maximum Gasteiger partial charge on any atom is 0.241 e. The first kappa shape index (κ1) is 41.6. The lowest BCUT2D eigenvalue weighted by Gasteiger charge is -2.42. The van der Waals surface area contributed by atoms with Crippen molar-refractivity contribution in [1.29, 1.82) is 0 Å². The minimum absolute atomic E-state index is 0.475. The van der Waals surface area contributed by atoms with E-state index in [1.165, 1.54) is 30.4 Å². The van der Waals surface area contributed by atoms with Gasteiger partial charge in [-0.05, 0) is 96.6 Å². The molecule has 0 aliphatic carbocycles. The lowest BCUT2D eigenvalue weighted by atomic mass is 9.98. The van der Waals surface area contributed by atoms with Crippen molar-refractivity contribution in [2.45, 2.75) is 19.6 Å². The minimum Gasteiger partial charge on any atom is -0.309 e. The number of hydrogen-bond donors (Lipinski definition) is 0. The second-order valence-electron chi connectivity index (χ2n) is 17.9. The molecule has 4 aromatic heterocycles. The molecule has 10 aromatic carbocycles. The highest BCUT2D eigenvalue weighted by Crippen LogP contribution is 2.73. The topological polar surface area (TPSA) is 65.8 Å². The molecule has 0 radical (unpaired) electrons. The molecule has 340 valence electrons. The van der Waals surface area contributed by atoms with Crippen molar-refractivity contribution in [3.8, 4) is 45.5 Å². The smallest absolute Gasteiger partial charge is 0.241 e. The van der Waals surface area contributed by atoms with E-state index in [9.17, 15) is 0 Å². The molecule has 72 heavy (non-hydrogen) atoms. The Bertz CT molecular complexity index is 4220. The van der Waals surface area contributed by atoms with E-state index in [4.69, 9.17) is 19.9 Å². The highest BCUT2D eigenvalue weighted by Gasteiger charge is 2.34. The van der Waals surface area contributed by atoms with Crippen molar-refractivity contribution in [1.82, 2.24) is 33.5 Å². The average Bonchev–Trinajstić information content (AvgIpc) is 4.12. The predicted molar refractivity (Wildman–Crippen MR) is 294 cm³/mol. The normalized spacial score (nSPS) is 12.1. The third-order valence-corrected chi connectivity index (χ3v) is 17.7. The lowest BCUT2D eigenvalue weighted by molar-refractivity contribution is 0.937. The Morgan fingerprint density at radius 1 is 0.333 bits per heavy atom. The first-order chi connectivity index (χ1) is 35.7. The van der Waals surface area contributed by atoms with E-state index in [2.05, 4.69) is 250 Å². The van der Waals surface area contributed by atoms with Gasteiger partial charge in [0.15, 0.2) is 11.6 Å². The van der Waals surface area contributed by atoms with Crippen molar-refractivity contribution in [2.75, 3.05) is 0 Å². The molecule has 0 saturated carbocycles. The van der Waals surface area contributed by atoms with Crippen molar-refractivity contribution >= 4 is 59.7 Å². The Labute approximate surface area is 417 Å². The van der Waals surface area contributed by atoms with Gasteiger partial charge in [-0.25, -0.2) is 14.5 Å². The SMILES string of the molecule is c1ccc(-c2nc(-c3cccc(S(c4ccccc4)(c4ccccc4)c4ccccc4)c3)nc(-n3c4cccc(-c5cccc6c5c5ccccc5n6-c5ccccc5)c4n4c5ccccc5nc34)n2)cc1. The molecule has 0 amide bonds. The predicted octanol–water partition coefficient (Wildman–Crippen LogP) is 16.1. The molecule has 14 rings (SSSR count). The minimum atomic E-state index is -2.00. The number of nitrogens with zero attached hydrogens (tertiary/aromatic N) is 7. The molecular weight excluding hydrogens is 899 g/mol. The molecule has 7 nitrogen and oxygen atoms in total. The summed E-state index contributed by atoms with van der Waals surface area (Å²) in [7, 11) is -2.00. The summed E-state index contributed by atoms with van der Waals surface area (Å²) in [6, 6.07) is 92.7. The zero-order valence-corrected chi connectivity index (χ0v) is 39.7. The average molecular weight is 942 g/mol. The van der Waals surface area contributed by atoms with Crippen molar-refractivity contribution in [3.05, 3.63) is 261 Å². The van der Waals surface area contributed by atoms with Crippen LogP contribution in [0.1, 0.15) is 0 Å². The van der Waals surface area contributed by atoms with Crippen LogP contribution in [0.3, 0.4) is 0 Å². The van der Waals surface area contributed by atoms with E-state index < -0.39 is 10.0 Å². The molecule has 0 aliphatic heterocycles. The van der Waals surface area contributed by atoms with Crippen LogP contribution in [0.25, 0.3) is 95.2 Å². The van der Waals surface area contributed by atoms with Gasteiger partial charge in [-0.2, -0.15) is 9.97 Å². The summed E-state index contributed by atoms with van der Waals surface area (Å²) in [5.41, 5.74) is 11.2. The standard InChI is InChI=1S/C64H43N7S/c1-6-23-44(24-7-1)61-66-62(45-25-20-34-50(43-45)72(47-28-10-3-11-29-47,48-30-12-4-13-31-48)49-32-14-5-15-33-49)68-63(67-61)71-58-42-22-37-52(60(58)70-56-40-19-17-38-54(56)65-64(70)71)51-36-21-41-57-59(51)53-35-16-18-39-55(53)69(57)46-26-8-2-9-27-46/h1-43H. The van der Waals surface area contributed by atoms with Gasteiger partial charge in [0.2, 0.25) is 11.7 Å². The molecule has 0 fully saturated rings. The van der Waals surface area contributed by atoms with E-state index in [0.29, 0.717) is 23.4 Å². The van der Waals surface area contributed by atoms with Crippen molar-refractivity contribution in [3.63, 3.8) is 0 Å². The van der Waals surface area contributed by atoms with Gasteiger partial charge < -0.3 is 4.57 Å². The van der Waals surface area contributed by atoms with Crippen LogP contribution in [0.4, 0.5) is 0 Å². The Hall–Kier alpha value is -9.37. The lowest BCUT2D eigenvalue weighted by Crippen LogP contribution is -2.08. The number of hydrogen-bond acceptors (Lipinski definition) is 4. The monoisotopic (exact) mass is 941 g/mol. The Kier molecular flexibility index (Phi) is 9.79. The highest BCUT2D eigenvalue weighted by atomic mass is 32.3. The highest BCUT2D eigenvalue weighted by molar-refractivity contribution is 8.34. The third kappa shape index (κ3) is 6.46. The van der Waals surface area contributed by atoms with Crippen LogP contribution in [-0.4, -0.2) is 33.5 Å². The van der Waals surface area contributed by atoms with Gasteiger partial charge >= 0.3 is 0 Å². The van der Waals surface area contributed by atoms with Gasteiger partial charge in [0.05, 0.1) is 33.1 Å². The first-order valence-corrected chi connectivity index (χ1v) is 25.8. The first-order valence-electron chi connectivity index (χ1n) is 24.1. The Morgan fingerprint density at radius 3 is 1.51 bits per heavy atom. The van der Waals surface area contributed by atoms with Crippen LogP contribution in [0.15, 0.2) is 280 Å². The van der Waals surface area contributed by atoms with E-state index in [1.807, 2.05) is 24.3 Å². The van der Waals surface area contributed by atoms with Crippen LogP contribution < -0.4 is 0 Å². The molecule has 0 spiro atoms. The summed E-state index contributed by atoms with van der Waals surface area (Å²) in [6.07, 6.45) is 0. The second kappa shape index (κ2) is 16.9. The van der Waals surface area contributed by atoms with Crippen LogP contribution in [0.2, 0.25) is 0 Å². The van der Waals surface area contributed by atoms with Gasteiger partial charge in [0.1, 0.15) is 0 Å². The summed E-state index contributed by atoms with van der Waals surface area (Å²) in [6.45, 7) is 0.